The number of hydrogen-bond acceptors (Lipinski definition) is 4. The van der Waals surface area contributed by atoms with E-state index in [1.807, 2.05) is 25.1 Å². The molecule has 1 fully saturated rings. The number of benzene rings is 1. The lowest BCUT2D eigenvalue weighted by Gasteiger charge is -2.15. The molecule has 2 amide bonds. The molecule has 6 heteroatoms. The van der Waals surface area contributed by atoms with Gasteiger partial charge in [-0.2, -0.15) is 0 Å². The summed E-state index contributed by atoms with van der Waals surface area (Å²) >= 11 is 1.42. The molecule has 4 N–H and O–H groups in total. The molecule has 1 saturated heterocycles. The van der Waals surface area contributed by atoms with Crippen molar-refractivity contribution in [1.29, 1.82) is 0 Å². The molecule has 2 aromatic rings. The Kier molecular flexibility index (Phi) is 3.33. The first-order valence-corrected chi connectivity index (χ1v) is 7.67. The lowest BCUT2D eigenvalue weighted by Crippen LogP contribution is -2.31. The number of carbonyl (C=O) groups excluding carboxylic acids is 2. The Morgan fingerprint density at radius 3 is 2.76 bits per heavy atom. The summed E-state index contributed by atoms with van der Waals surface area (Å²) in [6, 6.07) is 5.88. The van der Waals surface area contributed by atoms with E-state index in [0.717, 1.165) is 15.6 Å². The number of fused-ring (bicyclic) bond motifs is 1. The summed E-state index contributed by atoms with van der Waals surface area (Å²) in [7, 11) is 0. The average molecular weight is 303 g/mol. The number of anilines is 1. The van der Waals surface area contributed by atoms with Crippen LogP contribution in [-0.4, -0.2) is 29.8 Å². The van der Waals surface area contributed by atoms with E-state index in [4.69, 9.17) is 11.5 Å². The van der Waals surface area contributed by atoms with E-state index in [9.17, 15) is 9.59 Å². The van der Waals surface area contributed by atoms with E-state index in [1.54, 1.807) is 4.90 Å². The number of hydrogen-bond donors (Lipinski definition) is 2. The van der Waals surface area contributed by atoms with Crippen LogP contribution in [0.5, 0.6) is 0 Å². The van der Waals surface area contributed by atoms with Crippen molar-refractivity contribution in [3.05, 3.63) is 28.6 Å². The first kappa shape index (κ1) is 13.9. The maximum atomic E-state index is 12.6. The molecule has 0 aliphatic carbocycles. The molecule has 1 aliphatic rings. The SMILES string of the molecule is Cc1cccc2c(N)c(C(=O)N3CCC(C(N)=O)C3)sc12. The lowest BCUT2D eigenvalue weighted by atomic mass is 10.1. The van der Waals surface area contributed by atoms with Gasteiger partial charge in [0.15, 0.2) is 0 Å². The van der Waals surface area contributed by atoms with E-state index in [0.29, 0.717) is 30.1 Å². The Morgan fingerprint density at radius 2 is 2.14 bits per heavy atom. The zero-order valence-electron chi connectivity index (χ0n) is 11.8. The normalized spacial score (nSPS) is 18.3. The van der Waals surface area contributed by atoms with Gasteiger partial charge in [-0.25, -0.2) is 0 Å². The third-order valence-electron chi connectivity index (χ3n) is 4.02. The van der Waals surface area contributed by atoms with Crippen LogP contribution < -0.4 is 11.5 Å². The summed E-state index contributed by atoms with van der Waals surface area (Å²) in [5, 5.41) is 0.925. The van der Waals surface area contributed by atoms with Crippen LogP contribution in [0.15, 0.2) is 18.2 Å². The highest BCUT2D eigenvalue weighted by Gasteiger charge is 2.32. The van der Waals surface area contributed by atoms with Crippen molar-refractivity contribution in [3.8, 4) is 0 Å². The molecule has 0 spiro atoms. The van der Waals surface area contributed by atoms with E-state index < -0.39 is 0 Å². The van der Waals surface area contributed by atoms with Crippen LogP contribution in [0.3, 0.4) is 0 Å². The van der Waals surface area contributed by atoms with Gasteiger partial charge in [0.2, 0.25) is 5.91 Å². The standard InChI is InChI=1S/C15H17N3O2S/c1-8-3-2-4-10-11(16)13(21-12(8)10)15(20)18-6-5-9(7-18)14(17)19/h2-4,9H,5-7,16H2,1H3,(H2,17,19). The number of nitrogens with two attached hydrogens (primary N) is 2. The molecular weight excluding hydrogens is 286 g/mol. The van der Waals surface area contributed by atoms with Crippen molar-refractivity contribution >= 4 is 38.9 Å². The molecule has 5 nitrogen and oxygen atoms in total. The molecule has 1 aliphatic heterocycles. The second kappa shape index (κ2) is 5.04. The van der Waals surface area contributed by atoms with E-state index in [-0.39, 0.29) is 17.7 Å². The molecule has 1 aromatic carbocycles. The predicted octanol–water partition coefficient (Wildman–Crippen LogP) is 1.74. The Bertz CT molecular complexity index is 738. The van der Waals surface area contributed by atoms with Gasteiger partial charge in [-0.15, -0.1) is 11.3 Å². The largest absolute Gasteiger partial charge is 0.397 e. The van der Waals surface area contributed by atoms with Gasteiger partial charge in [0, 0.05) is 23.2 Å². The van der Waals surface area contributed by atoms with Crippen LogP contribution in [0.25, 0.3) is 10.1 Å². The summed E-state index contributed by atoms with van der Waals surface area (Å²) in [5.41, 5.74) is 13.1. The molecule has 0 bridgehead atoms. The highest BCUT2D eigenvalue weighted by Crippen LogP contribution is 2.36. The number of thiophene rings is 1. The number of carbonyl (C=O) groups is 2. The van der Waals surface area contributed by atoms with Crippen molar-refractivity contribution in [1.82, 2.24) is 4.90 Å². The van der Waals surface area contributed by atoms with E-state index >= 15 is 0 Å². The smallest absolute Gasteiger partial charge is 0.266 e. The molecule has 110 valence electrons. The number of amides is 2. The minimum atomic E-state index is -0.342. The van der Waals surface area contributed by atoms with Crippen LogP contribution in [0.4, 0.5) is 5.69 Å². The quantitative estimate of drug-likeness (QED) is 0.885. The summed E-state index contributed by atoms with van der Waals surface area (Å²) in [6.07, 6.45) is 0.630. The van der Waals surface area contributed by atoms with Crippen molar-refractivity contribution < 1.29 is 9.59 Å². The van der Waals surface area contributed by atoms with Crippen LogP contribution in [-0.2, 0) is 4.79 Å². The number of rotatable bonds is 2. The first-order valence-electron chi connectivity index (χ1n) is 6.85. The van der Waals surface area contributed by atoms with E-state index in [1.165, 1.54) is 11.3 Å². The second-order valence-electron chi connectivity index (χ2n) is 5.44. The number of nitrogens with zero attached hydrogens (tertiary/aromatic N) is 1. The minimum absolute atomic E-state index is 0.100. The lowest BCUT2D eigenvalue weighted by molar-refractivity contribution is -0.121. The monoisotopic (exact) mass is 303 g/mol. The van der Waals surface area contributed by atoms with Gasteiger partial charge in [0.05, 0.1) is 11.6 Å². The van der Waals surface area contributed by atoms with Crippen molar-refractivity contribution in [2.45, 2.75) is 13.3 Å². The van der Waals surface area contributed by atoms with Gasteiger partial charge in [-0.05, 0) is 18.9 Å². The number of nitrogen functional groups attached to an aromatic ring is 1. The summed E-state index contributed by atoms with van der Waals surface area (Å²) in [5.74, 6) is -0.686. The van der Waals surface area contributed by atoms with Gasteiger partial charge in [-0.3, -0.25) is 9.59 Å². The first-order chi connectivity index (χ1) is 9.99. The van der Waals surface area contributed by atoms with Gasteiger partial charge in [0.25, 0.3) is 5.91 Å². The molecule has 2 heterocycles. The molecular formula is C15H17N3O2S. The van der Waals surface area contributed by atoms with Crippen molar-refractivity contribution in [2.75, 3.05) is 18.8 Å². The fourth-order valence-corrected chi connectivity index (χ4v) is 3.92. The highest BCUT2D eigenvalue weighted by molar-refractivity contribution is 7.21. The molecule has 0 radical (unpaired) electrons. The topological polar surface area (TPSA) is 89.4 Å². The van der Waals surface area contributed by atoms with Crippen molar-refractivity contribution in [2.24, 2.45) is 11.7 Å². The van der Waals surface area contributed by atoms with Crippen LogP contribution in [0.2, 0.25) is 0 Å². The molecule has 21 heavy (non-hydrogen) atoms. The van der Waals surface area contributed by atoms with Gasteiger partial charge >= 0.3 is 0 Å². The Labute approximate surface area is 126 Å². The fourth-order valence-electron chi connectivity index (χ4n) is 2.76. The maximum Gasteiger partial charge on any atom is 0.266 e. The van der Waals surface area contributed by atoms with Gasteiger partial charge in [0.1, 0.15) is 4.88 Å². The number of primary amides is 1. The third-order valence-corrected chi connectivity index (χ3v) is 5.37. The molecule has 1 unspecified atom stereocenters. The predicted molar refractivity (Wildman–Crippen MR) is 84.2 cm³/mol. The van der Waals surface area contributed by atoms with Gasteiger partial charge < -0.3 is 16.4 Å². The summed E-state index contributed by atoms with van der Waals surface area (Å²) in [6.45, 7) is 2.95. The Hall–Kier alpha value is -2.08. The molecule has 1 atom stereocenters. The van der Waals surface area contributed by atoms with Crippen LogP contribution in [0.1, 0.15) is 21.7 Å². The van der Waals surface area contributed by atoms with E-state index in [2.05, 4.69) is 0 Å². The fraction of sp³-hybridized carbons (Fsp3) is 0.333. The zero-order valence-corrected chi connectivity index (χ0v) is 12.6. The van der Waals surface area contributed by atoms with Crippen LogP contribution >= 0.6 is 11.3 Å². The zero-order chi connectivity index (χ0) is 15.1. The number of aryl methyl sites for hydroxylation is 1. The third kappa shape index (κ3) is 2.25. The Balaban J connectivity index is 1.94. The molecule has 1 aromatic heterocycles. The summed E-state index contributed by atoms with van der Waals surface area (Å²) in [4.78, 5) is 26.1. The van der Waals surface area contributed by atoms with Gasteiger partial charge in [-0.1, -0.05) is 18.2 Å². The van der Waals surface area contributed by atoms with Crippen molar-refractivity contribution in [3.63, 3.8) is 0 Å². The summed E-state index contributed by atoms with van der Waals surface area (Å²) < 4.78 is 1.05. The maximum absolute atomic E-state index is 12.6. The Morgan fingerprint density at radius 1 is 1.38 bits per heavy atom. The second-order valence-corrected chi connectivity index (χ2v) is 6.46. The molecule has 0 saturated carbocycles. The highest BCUT2D eigenvalue weighted by atomic mass is 32.1. The molecule has 3 rings (SSSR count). The minimum Gasteiger partial charge on any atom is -0.397 e. The van der Waals surface area contributed by atoms with Crippen LogP contribution in [0, 0.1) is 12.8 Å². The number of likely N-dealkylation sites (tertiary alicyclic amines) is 1. The average Bonchev–Trinajstić information content (AvgIpc) is 3.05.